The molecular formula is C14H19N3O. The van der Waals surface area contributed by atoms with E-state index in [9.17, 15) is 0 Å². The maximum Gasteiger partial charge on any atom is 0.130 e. The van der Waals surface area contributed by atoms with Gasteiger partial charge in [0.25, 0.3) is 0 Å². The minimum Gasteiger partial charge on any atom is -0.497 e. The van der Waals surface area contributed by atoms with Gasteiger partial charge < -0.3 is 14.6 Å². The van der Waals surface area contributed by atoms with Gasteiger partial charge in [-0.1, -0.05) is 19.1 Å². The molecule has 0 radical (unpaired) electrons. The van der Waals surface area contributed by atoms with Gasteiger partial charge >= 0.3 is 0 Å². The fraction of sp³-hybridized carbons (Fsp3) is 0.357. The average molecular weight is 245 g/mol. The zero-order valence-corrected chi connectivity index (χ0v) is 11.1. The molecule has 0 fully saturated rings. The lowest BCUT2D eigenvalue weighted by molar-refractivity contribution is 0.414. The Balaban J connectivity index is 2.32. The zero-order valence-electron chi connectivity index (χ0n) is 11.1. The lowest BCUT2D eigenvalue weighted by Gasteiger charge is -2.18. The molecule has 0 aliphatic heterocycles. The summed E-state index contributed by atoms with van der Waals surface area (Å²) in [5, 5.41) is 3.46. The van der Waals surface area contributed by atoms with Crippen LogP contribution in [0.25, 0.3) is 0 Å². The van der Waals surface area contributed by atoms with E-state index >= 15 is 0 Å². The minimum atomic E-state index is 0.112. The van der Waals surface area contributed by atoms with Crippen molar-refractivity contribution in [3.63, 3.8) is 0 Å². The number of benzene rings is 1. The predicted octanol–water partition coefficient (Wildman–Crippen LogP) is 2.13. The molecule has 1 aromatic carbocycles. The molecule has 0 aliphatic rings. The van der Waals surface area contributed by atoms with Crippen molar-refractivity contribution in [1.82, 2.24) is 14.9 Å². The number of hydrogen-bond acceptors (Lipinski definition) is 3. The highest BCUT2D eigenvalue weighted by Gasteiger charge is 2.16. The smallest absolute Gasteiger partial charge is 0.130 e. The van der Waals surface area contributed by atoms with Crippen molar-refractivity contribution in [1.29, 1.82) is 0 Å². The quantitative estimate of drug-likeness (QED) is 0.877. The molecule has 1 aromatic heterocycles. The second-order valence-corrected chi connectivity index (χ2v) is 4.16. The lowest BCUT2D eigenvalue weighted by atomic mass is 10.1. The summed E-state index contributed by atoms with van der Waals surface area (Å²) in [5.41, 5.74) is 1.19. The first-order valence-electron chi connectivity index (χ1n) is 6.10. The highest BCUT2D eigenvalue weighted by atomic mass is 16.5. The van der Waals surface area contributed by atoms with Crippen LogP contribution < -0.4 is 10.1 Å². The number of aromatic nitrogens is 2. The SMILES string of the molecule is CCNC(c1ccc(OC)cc1)c1nccn1C. The monoisotopic (exact) mass is 245 g/mol. The maximum atomic E-state index is 5.18. The van der Waals surface area contributed by atoms with Gasteiger partial charge in [0.2, 0.25) is 0 Å². The molecule has 1 unspecified atom stereocenters. The molecule has 0 saturated heterocycles. The van der Waals surface area contributed by atoms with E-state index in [1.807, 2.05) is 36.1 Å². The van der Waals surface area contributed by atoms with Gasteiger partial charge in [-0.3, -0.25) is 0 Å². The highest BCUT2D eigenvalue weighted by Crippen LogP contribution is 2.22. The van der Waals surface area contributed by atoms with E-state index in [1.165, 1.54) is 5.56 Å². The Morgan fingerprint density at radius 2 is 2.06 bits per heavy atom. The summed E-state index contributed by atoms with van der Waals surface area (Å²) in [6, 6.07) is 8.20. The van der Waals surface area contributed by atoms with Crippen LogP contribution in [0.15, 0.2) is 36.7 Å². The van der Waals surface area contributed by atoms with E-state index < -0.39 is 0 Å². The molecule has 96 valence electrons. The molecular weight excluding hydrogens is 226 g/mol. The first kappa shape index (κ1) is 12.6. The average Bonchev–Trinajstić information content (AvgIpc) is 2.82. The molecule has 1 N–H and O–H groups in total. The van der Waals surface area contributed by atoms with Gasteiger partial charge in [0.15, 0.2) is 0 Å². The van der Waals surface area contributed by atoms with Crippen LogP contribution in [-0.4, -0.2) is 23.2 Å². The molecule has 18 heavy (non-hydrogen) atoms. The van der Waals surface area contributed by atoms with Gasteiger partial charge in [0, 0.05) is 19.4 Å². The Hall–Kier alpha value is -1.81. The van der Waals surface area contributed by atoms with Crippen LogP contribution in [0.3, 0.4) is 0 Å². The van der Waals surface area contributed by atoms with Crippen LogP contribution in [0.2, 0.25) is 0 Å². The molecule has 0 saturated carbocycles. The largest absolute Gasteiger partial charge is 0.497 e. The summed E-state index contributed by atoms with van der Waals surface area (Å²) in [6.45, 7) is 2.99. The zero-order chi connectivity index (χ0) is 13.0. The first-order chi connectivity index (χ1) is 8.76. The van der Waals surface area contributed by atoms with Crippen molar-refractivity contribution in [3.05, 3.63) is 48.0 Å². The van der Waals surface area contributed by atoms with Gasteiger partial charge in [-0.15, -0.1) is 0 Å². The minimum absolute atomic E-state index is 0.112. The van der Waals surface area contributed by atoms with E-state index in [0.717, 1.165) is 18.1 Å². The molecule has 2 aromatic rings. The summed E-state index contributed by atoms with van der Waals surface area (Å²) in [7, 11) is 3.69. The van der Waals surface area contributed by atoms with Gasteiger partial charge in [-0.25, -0.2) is 4.98 Å². The Morgan fingerprint density at radius 3 is 2.56 bits per heavy atom. The van der Waals surface area contributed by atoms with E-state index in [4.69, 9.17) is 4.74 Å². The number of nitrogens with zero attached hydrogens (tertiary/aromatic N) is 2. The third kappa shape index (κ3) is 2.54. The molecule has 1 heterocycles. The van der Waals surface area contributed by atoms with Crippen LogP contribution in [0.5, 0.6) is 5.75 Å². The van der Waals surface area contributed by atoms with Crippen LogP contribution in [0.1, 0.15) is 24.4 Å². The number of nitrogens with one attached hydrogen (secondary N) is 1. The number of aryl methyl sites for hydroxylation is 1. The van der Waals surface area contributed by atoms with Crippen molar-refractivity contribution >= 4 is 0 Å². The van der Waals surface area contributed by atoms with Crippen LogP contribution >= 0.6 is 0 Å². The normalized spacial score (nSPS) is 12.4. The van der Waals surface area contributed by atoms with Crippen molar-refractivity contribution < 1.29 is 4.74 Å². The summed E-state index contributed by atoms with van der Waals surface area (Å²) in [4.78, 5) is 4.42. The predicted molar refractivity (Wildman–Crippen MR) is 71.7 cm³/mol. The topological polar surface area (TPSA) is 39.1 Å². The molecule has 0 spiro atoms. The summed E-state index contributed by atoms with van der Waals surface area (Å²) in [5.74, 6) is 1.89. The van der Waals surface area contributed by atoms with Crippen LogP contribution in [-0.2, 0) is 7.05 Å². The van der Waals surface area contributed by atoms with E-state index in [1.54, 1.807) is 7.11 Å². The van der Waals surface area contributed by atoms with Gasteiger partial charge in [0.05, 0.1) is 13.2 Å². The number of imidazole rings is 1. The highest BCUT2D eigenvalue weighted by molar-refractivity contribution is 5.32. The molecule has 0 aliphatic carbocycles. The molecule has 4 nitrogen and oxygen atoms in total. The first-order valence-corrected chi connectivity index (χ1v) is 6.10. The molecule has 1 atom stereocenters. The lowest BCUT2D eigenvalue weighted by Crippen LogP contribution is -2.24. The number of rotatable bonds is 5. The Morgan fingerprint density at radius 1 is 1.33 bits per heavy atom. The van der Waals surface area contributed by atoms with Crippen LogP contribution in [0, 0.1) is 0 Å². The standard InChI is InChI=1S/C14H19N3O/c1-4-15-13(14-16-9-10-17(14)2)11-5-7-12(18-3)8-6-11/h5-10,13,15H,4H2,1-3H3. The number of methoxy groups -OCH3 is 1. The van der Waals surface area contributed by atoms with Crippen molar-refractivity contribution in [2.75, 3.05) is 13.7 Å². The maximum absolute atomic E-state index is 5.18. The number of hydrogen-bond donors (Lipinski definition) is 1. The second kappa shape index (κ2) is 5.69. The fourth-order valence-corrected chi connectivity index (χ4v) is 2.01. The molecule has 0 bridgehead atoms. The molecule has 0 amide bonds. The van der Waals surface area contributed by atoms with E-state index in [2.05, 4.69) is 29.4 Å². The summed E-state index contributed by atoms with van der Waals surface area (Å²) < 4.78 is 7.22. The van der Waals surface area contributed by atoms with Crippen molar-refractivity contribution in [3.8, 4) is 5.75 Å². The number of ether oxygens (including phenoxy) is 1. The van der Waals surface area contributed by atoms with Gasteiger partial charge in [0.1, 0.15) is 11.6 Å². The third-order valence-electron chi connectivity index (χ3n) is 2.97. The van der Waals surface area contributed by atoms with Crippen molar-refractivity contribution in [2.45, 2.75) is 13.0 Å². The van der Waals surface area contributed by atoms with Gasteiger partial charge in [-0.05, 0) is 24.2 Å². The Labute approximate surface area is 108 Å². The summed E-state index contributed by atoms with van der Waals surface area (Å²) >= 11 is 0. The Bertz CT molecular complexity index is 490. The fourth-order valence-electron chi connectivity index (χ4n) is 2.01. The van der Waals surface area contributed by atoms with Crippen molar-refractivity contribution in [2.24, 2.45) is 7.05 Å². The molecule has 2 rings (SSSR count). The van der Waals surface area contributed by atoms with E-state index in [0.29, 0.717) is 0 Å². The summed E-state index contributed by atoms with van der Waals surface area (Å²) in [6.07, 6.45) is 3.78. The Kier molecular flexibility index (Phi) is 3.99. The third-order valence-corrected chi connectivity index (χ3v) is 2.97. The molecule has 4 heteroatoms. The second-order valence-electron chi connectivity index (χ2n) is 4.16. The van der Waals surface area contributed by atoms with Crippen LogP contribution in [0.4, 0.5) is 0 Å². The van der Waals surface area contributed by atoms with Gasteiger partial charge in [-0.2, -0.15) is 0 Å². The van der Waals surface area contributed by atoms with E-state index in [-0.39, 0.29) is 6.04 Å².